The summed E-state index contributed by atoms with van der Waals surface area (Å²) in [6.07, 6.45) is 1.56. The molecular formula is C23H29N3O4. The second kappa shape index (κ2) is 9.61. The van der Waals surface area contributed by atoms with E-state index >= 15 is 0 Å². The topological polar surface area (TPSA) is 91.5 Å². The molecule has 7 nitrogen and oxygen atoms in total. The van der Waals surface area contributed by atoms with Crippen LogP contribution in [0, 0.1) is 0 Å². The van der Waals surface area contributed by atoms with Gasteiger partial charge in [-0.1, -0.05) is 26.0 Å². The number of hydrogen-bond donors (Lipinski definition) is 2. The summed E-state index contributed by atoms with van der Waals surface area (Å²) in [4.78, 5) is 42.0. The van der Waals surface area contributed by atoms with E-state index in [9.17, 15) is 14.4 Å². The monoisotopic (exact) mass is 411 g/mol. The summed E-state index contributed by atoms with van der Waals surface area (Å²) in [6.45, 7) is 5.01. The maximum absolute atomic E-state index is 12.6. The van der Waals surface area contributed by atoms with E-state index in [1.54, 1.807) is 19.2 Å². The molecule has 1 aromatic heterocycles. The number of carbonyl (C=O) groups is 2. The number of aromatic amines is 1. The summed E-state index contributed by atoms with van der Waals surface area (Å²) in [5.74, 6) is 0.603. The van der Waals surface area contributed by atoms with Crippen molar-refractivity contribution in [3.63, 3.8) is 0 Å². The van der Waals surface area contributed by atoms with Gasteiger partial charge in [0.25, 0.3) is 11.5 Å². The first-order chi connectivity index (χ1) is 14.4. The second-order valence-corrected chi connectivity index (χ2v) is 7.98. The Labute approximate surface area is 176 Å². The number of hydrogen-bond acceptors (Lipinski definition) is 4. The molecule has 2 heterocycles. The minimum Gasteiger partial charge on any atom is -0.497 e. The van der Waals surface area contributed by atoms with Crippen LogP contribution >= 0.6 is 0 Å². The van der Waals surface area contributed by atoms with E-state index in [0.717, 1.165) is 17.0 Å². The minimum atomic E-state index is -0.398. The van der Waals surface area contributed by atoms with Gasteiger partial charge in [-0.3, -0.25) is 14.4 Å². The lowest BCUT2D eigenvalue weighted by atomic mass is 10.1. The molecule has 1 atom stereocenters. The van der Waals surface area contributed by atoms with Gasteiger partial charge >= 0.3 is 0 Å². The van der Waals surface area contributed by atoms with Gasteiger partial charge in [0.2, 0.25) is 5.91 Å². The van der Waals surface area contributed by atoms with Gasteiger partial charge in [-0.2, -0.15) is 0 Å². The predicted octanol–water partition coefficient (Wildman–Crippen LogP) is 2.82. The molecule has 2 N–H and O–H groups in total. The molecule has 0 bridgehead atoms. The van der Waals surface area contributed by atoms with Crippen molar-refractivity contribution >= 4 is 11.8 Å². The van der Waals surface area contributed by atoms with E-state index < -0.39 is 5.91 Å². The molecule has 1 fully saturated rings. The Kier molecular flexibility index (Phi) is 6.92. The highest BCUT2D eigenvalue weighted by atomic mass is 16.5. The third kappa shape index (κ3) is 5.28. The van der Waals surface area contributed by atoms with Crippen molar-refractivity contribution < 1.29 is 14.3 Å². The number of carbonyl (C=O) groups excluding carboxylic acids is 2. The molecule has 2 aromatic rings. The molecule has 1 aromatic carbocycles. The van der Waals surface area contributed by atoms with Crippen LogP contribution in [0.15, 0.2) is 41.2 Å². The molecule has 160 valence electrons. The van der Waals surface area contributed by atoms with E-state index in [4.69, 9.17) is 4.74 Å². The predicted molar refractivity (Wildman–Crippen MR) is 115 cm³/mol. The number of nitrogens with zero attached hydrogens (tertiary/aromatic N) is 1. The normalized spacial score (nSPS) is 17.0. The van der Waals surface area contributed by atoms with E-state index in [2.05, 4.69) is 10.3 Å². The first-order valence-corrected chi connectivity index (χ1v) is 10.3. The van der Waals surface area contributed by atoms with Crippen LogP contribution in [0.4, 0.5) is 0 Å². The molecule has 0 aliphatic carbocycles. The fourth-order valence-corrected chi connectivity index (χ4v) is 3.61. The quantitative estimate of drug-likeness (QED) is 0.765. The Balaban J connectivity index is 1.62. The number of likely N-dealkylation sites (tertiary alicyclic amines) is 1. The zero-order valence-electron chi connectivity index (χ0n) is 17.7. The van der Waals surface area contributed by atoms with E-state index in [-0.39, 0.29) is 29.0 Å². The molecule has 3 rings (SSSR count). The summed E-state index contributed by atoms with van der Waals surface area (Å²) in [5.41, 5.74) is 1.51. The number of H-pyrrole nitrogens is 1. The lowest BCUT2D eigenvalue weighted by Crippen LogP contribution is -2.38. The Morgan fingerprint density at radius 3 is 2.73 bits per heavy atom. The average molecular weight is 412 g/mol. The molecule has 0 spiro atoms. The van der Waals surface area contributed by atoms with Crippen molar-refractivity contribution in [2.75, 3.05) is 13.7 Å². The van der Waals surface area contributed by atoms with Crippen molar-refractivity contribution in [1.82, 2.24) is 15.2 Å². The van der Waals surface area contributed by atoms with Gasteiger partial charge < -0.3 is 19.9 Å². The average Bonchev–Trinajstić information content (AvgIpc) is 2.90. The highest BCUT2D eigenvalue weighted by Crippen LogP contribution is 2.18. The van der Waals surface area contributed by atoms with Gasteiger partial charge in [-0.05, 0) is 48.6 Å². The van der Waals surface area contributed by atoms with Crippen LogP contribution in [-0.2, 0) is 11.3 Å². The lowest BCUT2D eigenvalue weighted by Gasteiger charge is -2.21. The summed E-state index contributed by atoms with van der Waals surface area (Å²) >= 11 is 0. The second-order valence-electron chi connectivity index (χ2n) is 7.98. The van der Waals surface area contributed by atoms with Gasteiger partial charge in [0.15, 0.2) is 0 Å². The van der Waals surface area contributed by atoms with Crippen molar-refractivity contribution in [1.29, 1.82) is 0 Å². The third-order valence-electron chi connectivity index (χ3n) is 5.45. The number of rotatable bonds is 6. The number of benzene rings is 1. The number of ether oxygens (including phenoxy) is 1. The highest BCUT2D eigenvalue weighted by molar-refractivity contribution is 5.94. The SMILES string of the molecule is COc1cccc(CN2CCC(NC(=O)c3ccc(C(C)C)[nH]c3=O)CCC2=O)c1. The fourth-order valence-electron chi connectivity index (χ4n) is 3.61. The molecular weight excluding hydrogens is 382 g/mol. The van der Waals surface area contributed by atoms with Crippen LogP contribution in [0.1, 0.15) is 60.6 Å². The first kappa shape index (κ1) is 21.6. The number of methoxy groups -OCH3 is 1. The van der Waals surface area contributed by atoms with E-state index in [1.165, 1.54) is 0 Å². The summed E-state index contributed by atoms with van der Waals surface area (Å²) in [5, 5.41) is 2.93. The molecule has 1 aliphatic heterocycles. The molecule has 0 radical (unpaired) electrons. The molecule has 1 saturated heterocycles. The zero-order valence-corrected chi connectivity index (χ0v) is 17.7. The Bertz CT molecular complexity index is 967. The molecule has 0 saturated carbocycles. The summed E-state index contributed by atoms with van der Waals surface area (Å²) < 4.78 is 5.25. The fraction of sp³-hybridized carbons (Fsp3) is 0.435. The smallest absolute Gasteiger partial charge is 0.261 e. The molecule has 1 unspecified atom stereocenters. The number of nitrogens with one attached hydrogen (secondary N) is 2. The summed E-state index contributed by atoms with van der Waals surface area (Å²) in [7, 11) is 1.62. The zero-order chi connectivity index (χ0) is 21.7. The molecule has 7 heteroatoms. The van der Waals surface area contributed by atoms with Crippen LogP contribution in [0.5, 0.6) is 5.75 Å². The minimum absolute atomic E-state index is 0.0636. The van der Waals surface area contributed by atoms with Crippen molar-refractivity contribution in [2.45, 2.75) is 51.6 Å². The Morgan fingerprint density at radius 1 is 1.23 bits per heavy atom. The van der Waals surface area contributed by atoms with Crippen LogP contribution in [0.2, 0.25) is 0 Å². The molecule has 30 heavy (non-hydrogen) atoms. The number of pyridine rings is 1. The van der Waals surface area contributed by atoms with Gasteiger partial charge in [0.05, 0.1) is 7.11 Å². The maximum atomic E-state index is 12.6. The maximum Gasteiger partial charge on any atom is 0.261 e. The lowest BCUT2D eigenvalue weighted by molar-refractivity contribution is -0.131. The van der Waals surface area contributed by atoms with Crippen LogP contribution < -0.4 is 15.6 Å². The number of aromatic nitrogens is 1. The standard InChI is InChI=1S/C23H29N3O4/c1-15(2)20-9-8-19(23(29)25-20)22(28)24-17-7-10-21(27)26(12-11-17)14-16-5-4-6-18(13-16)30-3/h4-6,8-9,13,15,17H,7,10-12,14H2,1-3H3,(H,24,28)(H,25,29). The Morgan fingerprint density at radius 2 is 2.03 bits per heavy atom. The number of amides is 2. The van der Waals surface area contributed by atoms with Gasteiger partial charge in [0, 0.05) is 31.2 Å². The van der Waals surface area contributed by atoms with Crippen LogP contribution in [0.3, 0.4) is 0 Å². The van der Waals surface area contributed by atoms with Crippen molar-refractivity contribution in [3.05, 3.63) is 63.6 Å². The van der Waals surface area contributed by atoms with E-state index in [1.807, 2.05) is 43.0 Å². The summed E-state index contributed by atoms with van der Waals surface area (Å²) in [6, 6.07) is 10.8. The highest BCUT2D eigenvalue weighted by Gasteiger charge is 2.24. The van der Waals surface area contributed by atoms with Gasteiger partial charge in [-0.15, -0.1) is 0 Å². The van der Waals surface area contributed by atoms with Crippen molar-refractivity contribution in [3.8, 4) is 5.75 Å². The van der Waals surface area contributed by atoms with Crippen LogP contribution in [-0.4, -0.2) is 41.4 Å². The van der Waals surface area contributed by atoms with Crippen LogP contribution in [0.25, 0.3) is 0 Å². The van der Waals surface area contributed by atoms with E-state index in [0.29, 0.717) is 32.4 Å². The molecule has 2 amide bonds. The van der Waals surface area contributed by atoms with Crippen molar-refractivity contribution in [2.24, 2.45) is 0 Å². The Hall–Kier alpha value is -3.09. The molecule has 1 aliphatic rings. The van der Waals surface area contributed by atoms with Gasteiger partial charge in [0.1, 0.15) is 11.3 Å². The largest absolute Gasteiger partial charge is 0.497 e. The first-order valence-electron chi connectivity index (χ1n) is 10.3. The van der Waals surface area contributed by atoms with Gasteiger partial charge in [-0.25, -0.2) is 0 Å². The third-order valence-corrected chi connectivity index (χ3v) is 5.45.